The molecule has 4 nitrogen and oxygen atoms in total. The third-order valence-electron chi connectivity index (χ3n) is 0.742. The number of hydrogen-bond acceptors (Lipinski definition) is 4. The van der Waals surface area contributed by atoms with Gasteiger partial charge >= 0.3 is 8.25 Å². The van der Waals surface area contributed by atoms with Gasteiger partial charge in [-0.15, -0.1) is 0 Å². The van der Waals surface area contributed by atoms with Gasteiger partial charge in [0.05, 0.1) is 0 Å². The van der Waals surface area contributed by atoms with Crippen molar-refractivity contribution in [2.45, 2.75) is 13.8 Å². The molecule has 0 atom stereocenters. The Labute approximate surface area is 68.8 Å². The Morgan fingerprint density at radius 1 is 1.09 bits per heavy atom. The first-order valence-corrected chi connectivity index (χ1v) is 4.65. The van der Waals surface area contributed by atoms with E-state index in [2.05, 4.69) is 9.05 Å². The highest BCUT2D eigenvalue weighted by atomic mass is 31.1. The minimum atomic E-state index is -2.12. The van der Waals surface area contributed by atoms with E-state index in [-0.39, 0.29) is 0 Å². The fraction of sp³-hybridized carbons (Fsp3) is 1.00. The molecule has 0 bridgehead atoms. The van der Waals surface area contributed by atoms with Crippen LogP contribution in [0.1, 0.15) is 13.8 Å². The predicted molar refractivity (Wildman–Crippen MR) is 45.2 cm³/mol. The normalized spacial score (nSPS) is 9.18. The molecule has 5 heteroatoms. The van der Waals surface area contributed by atoms with E-state index in [1.165, 1.54) is 14.2 Å². The van der Waals surface area contributed by atoms with E-state index in [0.717, 1.165) is 13.2 Å². The van der Waals surface area contributed by atoms with Gasteiger partial charge in [0.15, 0.2) is 0 Å². The fourth-order valence-electron chi connectivity index (χ4n) is 0.287. The van der Waals surface area contributed by atoms with Crippen molar-refractivity contribution in [2.75, 3.05) is 27.4 Å². The molecular formula is C6H17O4P. The summed E-state index contributed by atoms with van der Waals surface area (Å²) < 4.78 is 23.2. The van der Waals surface area contributed by atoms with Gasteiger partial charge in [-0.25, -0.2) is 0 Å². The number of rotatable bonds is 4. The molecule has 0 fully saturated rings. The van der Waals surface area contributed by atoms with Crippen molar-refractivity contribution in [3.05, 3.63) is 0 Å². The average Bonchev–Trinajstić information content (AvgIpc) is 2.06. The van der Waals surface area contributed by atoms with Crippen LogP contribution >= 0.6 is 8.25 Å². The van der Waals surface area contributed by atoms with Crippen molar-refractivity contribution >= 4 is 8.25 Å². The summed E-state index contributed by atoms with van der Waals surface area (Å²) in [4.78, 5) is 0. The van der Waals surface area contributed by atoms with Gasteiger partial charge in [-0.3, -0.25) is 4.57 Å². The molecule has 0 saturated carbocycles. The predicted octanol–water partition coefficient (Wildman–Crippen LogP) is 1.71. The Hall–Kier alpha value is 0.110. The van der Waals surface area contributed by atoms with E-state index in [1.54, 1.807) is 0 Å². The minimum absolute atomic E-state index is 0.844. The van der Waals surface area contributed by atoms with Crippen molar-refractivity contribution in [3.63, 3.8) is 0 Å². The average molecular weight is 184 g/mol. The van der Waals surface area contributed by atoms with Crippen molar-refractivity contribution in [3.8, 4) is 0 Å². The maximum atomic E-state index is 9.92. The highest BCUT2D eigenvalue weighted by Crippen LogP contribution is 2.18. The maximum absolute atomic E-state index is 9.92. The first-order valence-electron chi connectivity index (χ1n) is 3.42. The SMILES string of the molecule is CCOCC.CO[PH](=O)OC. The standard InChI is InChI=1S/C4H10O.C2H7O3P/c1-3-5-4-2;1-4-6(3)5-2/h3-4H2,1-2H3;6H,1-2H3. The highest BCUT2D eigenvalue weighted by molar-refractivity contribution is 7.33. The third-order valence-corrected chi connectivity index (χ3v) is 1.41. The molecule has 0 radical (unpaired) electrons. The summed E-state index contributed by atoms with van der Waals surface area (Å²) >= 11 is 0. The molecule has 0 aliphatic carbocycles. The van der Waals surface area contributed by atoms with E-state index in [9.17, 15) is 4.57 Å². The van der Waals surface area contributed by atoms with Crippen LogP contribution in [0.25, 0.3) is 0 Å². The minimum Gasteiger partial charge on any atom is -0.382 e. The highest BCUT2D eigenvalue weighted by Gasteiger charge is 1.83. The molecule has 0 aromatic carbocycles. The molecule has 70 valence electrons. The lowest BCUT2D eigenvalue weighted by Crippen LogP contribution is -1.84. The molecule has 0 aromatic heterocycles. The van der Waals surface area contributed by atoms with E-state index in [4.69, 9.17) is 4.74 Å². The summed E-state index contributed by atoms with van der Waals surface area (Å²) in [6.07, 6.45) is 0. The van der Waals surface area contributed by atoms with E-state index < -0.39 is 8.25 Å². The van der Waals surface area contributed by atoms with Gasteiger partial charge in [-0.1, -0.05) is 0 Å². The number of hydrogen-bond donors (Lipinski definition) is 0. The largest absolute Gasteiger partial charge is 0.382 e. The first-order chi connectivity index (χ1) is 5.22. The summed E-state index contributed by atoms with van der Waals surface area (Å²) in [5.41, 5.74) is 0. The van der Waals surface area contributed by atoms with Gasteiger partial charge in [-0.05, 0) is 13.8 Å². The van der Waals surface area contributed by atoms with Crippen LogP contribution in [0, 0.1) is 0 Å². The molecular weight excluding hydrogens is 167 g/mol. The molecule has 11 heavy (non-hydrogen) atoms. The van der Waals surface area contributed by atoms with Gasteiger partial charge in [0.25, 0.3) is 0 Å². The Balaban J connectivity index is 0. The van der Waals surface area contributed by atoms with Crippen LogP contribution in [-0.2, 0) is 18.3 Å². The smallest absolute Gasteiger partial charge is 0.318 e. The van der Waals surface area contributed by atoms with Gasteiger partial charge in [-0.2, -0.15) is 0 Å². The van der Waals surface area contributed by atoms with Crippen molar-refractivity contribution in [1.82, 2.24) is 0 Å². The molecule has 0 saturated heterocycles. The fourth-order valence-corrected chi connectivity index (χ4v) is 0.454. The van der Waals surface area contributed by atoms with Crippen molar-refractivity contribution in [1.29, 1.82) is 0 Å². The topological polar surface area (TPSA) is 44.8 Å². The van der Waals surface area contributed by atoms with Crippen molar-refractivity contribution < 1.29 is 18.3 Å². The third kappa shape index (κ3) is 17.8. The van der Waals surface area contributed by atoms with Gasteiger partial charge < -0.3 is 13.8 Å². The maximum Gasteiger partial charge on any atom is 0.318 e. The summed E-state index contributed by atoms with van der Waals surface area (Å²) in [5.74, 6) is 0. The molecule has 0 aromatic rings. The molecule has 0 N–H and O–H groups in total. The lowest BCUT2D eigenvalue weighted by atomic mass is 10.8. The summed E-state index contributed by atoms with van der Waals surface area (Å²) in [6, 6.07) is 0. The first kappa shape index (κ1) is 13.7. The molecule has 0 heterocycles. The zero-order chi connectivity index (χ0) is 9.11. The monoisotopic (exact) mass is 184 g/mol. The molecule has 0 aliphatic rings. The Bertz CT molecular complexity index is 78.7. The van der Waals surface area contributed by atoms with Crippen LogP contribution in [0.5, 0.6) is 0 Å². The van der Waals surface area contributed by atoms with Crippen LogP contribution in [0.4, 0.5) is 0 Å². The second-order valence-electron chi connectivity index (χ2n) is 1.44. The quantitative estimate of drug-likeness (QED) is 0.624. The molecule has 0 unspecified atom stereocenters. The Kier molecular flexibility index (Phi) is 15.9. The van der Waals surface area contributed by atoms with Crippen LogP contribution in [0.2, 0.25) is 0 Å². The zero-order valence-electron chi connectivity index (χ0n) is 7.55. The van der Waals surface area contributed by atoms with Crippen LogP contribution in [0.15, 0.2) is 0 Å². The van der Waals surface area contributed by atoms with Crippen LogP contribution < -0.4 is 0 Å². The Morgan fingerprint density at radius 2 is 1.45 bits per heavy atom. The summed E-state index contributed by atoms with van der Waals surface area (Å²) in [7, 11) is 0.558. The molecule has 0 spiro atoms. The van der Waals surface area contributed by atoms with Crippen LogP contribution in [-0.4, -0.2) is 27.4 Å². The van der Waals surface area contributed by atoms with Crippen LogP contribution in [0.3, 0.4) is 0 Å². The number of ether oxygens (including phenoxy) is 1. The van der Waals surface area contributed by atoms with Gasteiger partial charge in [0.1, 0.15) is 0 Å². The lowest BCUT2D eigenvalue weighted by Gasteiger charge is -1.89. The van der Waals surface area contributed by atoms with E-state index in [0.29, 0.717) is 0 Å². The zero-order valence-corrected chi connectivity index (χ0v) is 8.55. The second-order valence-corrected chi connectivity index (χ2v) is 2.76. The summed E-state index contributed by atoms with van der Waals surface area (Å²) in [6.45, 7) is 5.67. The van der Waals surface area contributed by atoms with Gasteiger partial charge in [0.2, 0.25) is 0 Å². The van der Waals surface area contributed by atoms with Crippen molar-refractivity contribution in [2.24, 2.45) is 0 Å². The lowest BCUT2D eigenvalue weighted by molar-refractivity contribution is 0.162. The van der Waals surface area contributed by atoms with E-state index >= 15 is 0 Å². The van der Waals surface area contributed by atoms with Gasteiger partial charge in [0, 0.05) is 27.4 Å². The Morgan fingerprint density at radius 3 is 1.45 bits per heavy atom. The molecule has 0 amide bonds. The second kappa shape index (κ2) is 12.8. The van der Waals surface area contributed by atoms with E-state index in [1.807, 2.05) is 13.8 Å². The summed E-state index contributed by atoms with van der Waals surface area (Å²) in [5, 5.41) is 0. The molecule has 0 aliphatic heterocycles. The molecule has 0 rings (SSSR count).